The smallest absolute Gasteiger partial charge is 0.228 e. The third-order valence-corrected chi connectivity index (χ3v) is 3.50. The van der Waals surface area contributed by atoms with Crippen molar-refractivity contribution < 1.29 is 4.79 Å². The normalized spacial score (nSPS) is 21.1. The molecule has 3 nitrogen and oxygen atoms in total. The summed E-state index contributed by atoms with van der Waals surface area (Å²) < 4.78 is 0.908. The summed E-state index contributed by atoms with van der Waals surface area (Å²) in [5.74, 6) is 0.0625. The van der Waals surface area contributed by atoms with E-state index < -0.39 is 0 Å². The van der Waals surface area contributed by atoms with Crippen LogP contribution < -0.4 is 4.90 Å². The first-order valence-corrected chi connectivity index (χ1v) is 5.87. The maximum Gasteiger partial charge on any atom is 0.228 e. The van der Waals surface area contributed by atoms with Gasteiger partial charge < -0.3 is 4.90 Å². The van der Waals surface area contributed by atoms with E-state index in [2.05, 4.69) is 20.9 Å². The molecule has 1 unspecified atom stereocenters. The van der Waals surface area contributed by atoms with Crippen LogP contribution in [0.4, 0.5) is 5.69 Å². The summed E-state index contributed by atoms with van der Waals surface area (Å²) in [7, 11) is 0. The Morgan fingerprint density at radius 1 is 1.67 bits per heavy atom. The van der Waals surface area contributed by atoms with Crippen molar-refractivity contribution in [3.63, 3.8) is 0 Å². The van der Waals surface area contributed by atoms with Gasteiger partial charge >= 0.3 is 0 Å². The lowest BCUT2D eigenvalue weighted by molar-refractivity contribution is -0.117. The minimum atomic E-state index is -0.0856. The van der Waals surface area contributed by atoms with Gasteiger partial charge in [-0.3, -0.25) is 9.78 Å². The average Bonchev–Trinajstić information content (AvgIpc) is 2.50. The molecule has 15 heavy (non-hydrogen) atoms. The maximum atomic E-state index is 11.6. The molecule has 2 heterocycles. The summed E-state index contributed by atoms with van der Waals surface area (Å²) in [6.07, 6.45) is 2.11. The van der Waals surface area contributed by atoms with Crippen LogP contribution in [-0.2, 0) is 4.79 Å². The zero-order valence-electron chi connectivity index (χ0n) is 8.20. The first-order chi connectivity index (χ1) is 7.08. The number of amides is 1. The first kappa shape index (κ1) is 10.9. The molecule has 2 rings (SSSR count). The van der Waals surface area contributed by atoms with E-state index in [4.69, 9.17) is 11.6 Å². The zero-order valence-corrected chi connectivity index (χ0v) is 10.5. The summed E-state index contributed by atoms with van der Waals surface area (Å²) in [5.41, 5.74) is 1.72. The van der Waals surface area contributed by atoms with Gasteiger partial charge in [0.2, 0.25) is 5.91 Å². The highest BCUT2D eigenvalue weighted by molar-refractivity contribution is 9.10. The van der Waals surface area contributed by atoms with E-state index in [0.717, 1.165) is 15.9 Å². The molecule has 1 amide bonds. The minimum absolute atomic E-state index is 0.0625. The van der Waals surface area contributed by atoms with Crippen LogP contribution in [0, 0.1) is 6.92 Å². The first-order valence-electron chi connectivity index (χ1n) is 4.64. The molecule has 0 saturated carbocycles. The summed E-state index contributed by atoms with van der Waals surface area (Å²) in [5, 5.41) is -0.0856. The number of aromatic nitrogens is 1. The van der Waals surface area contributed by atoms with Gasteiger partial charge in [-0.1, -0.05) is 0 Å². The molecule has 0 N–H and O–H groups in total. The van der Waals surface area contributed by atoms with Gasteiger partial charge in [0.25, 0.3) is 0 Å². The summed E-state index contributed by atoms with van der Waals surface area (Å²) in [6.45, 7) is 2.47. The Bertz CT molecular complexity index is 410. The van der Waals surface area contributed by atoms with Crippen molar-refractivity contribution in [2.45, 2.75) is 18.7 Å². The summed E-state index contributed by atoms with van der Waals surface area (Å²) >= 11 is 9.32. The number of aryl methyl sites for hydroxylation is 1. The van der Waals surface area contributed by atoms with Crippen molar-refractivity contribution in [2.75, 3.05) is 11.4 Å². The minimum Gasteiger partial charge on any atom is -0.309 e. The quantitative estimate of drug-likeness (QED) is 0.744. The van der Waals surface area contributed by atoms with Crippen molar-refractivity contribution in [1.82, 2.24) is 4.98 Å². The number of carbonyl (C=O) groups excluding carboxylic acids is 1. The lowest BCUT2D eigenvalue weighted by atomic mass is 10.3. The largest absolute Gasteiger partial charge is 0.309 e. The number of hydrogen-bond donors (Lipinski definition) is 0. The fourth-order valence-corrected chi connectivity index (χ4v) is 2.16. The third kappa shape index (κ3) is 2.16. The average molecular weight is 290 g/mol. The summed E-state index contributed by atoms with van der Waals surface area (Å²) in [4.78, 5) is 17.5. The van der Waals surface area contributed by atoms with Crippen molar-refractivity contribution >= 4 is 39.1 Å². The standard InChI is InChI=1S/C10H10BrClN2O/c1-6-9(11)3-8(4-13-6)14-5-7(12)2-10(14)15/h3-4,7H,2,5H2,1H3. The Hall–Kier alpha value is -0.610. The van der Waals surface area contributed by atoms with Gasteiger partial charge in [-0.25, -0.2) is 0 Å². The second kappa shape index (κ2) is 4.10. The van der Waals surface area contributed by atoms with E-state index in [0.29, 0.717) is 13.0 Å². The lowest BCUT2D eigenvalue weighted by Gasteiger charge is -2.15. The monoisotopic (exact) mass is 288 g/mol. The molecule has 0 radical (unpaired) electrons. The molecule has 80 valence electrons. The van der Waals surface area contributed by atoms with Crippen LogP contribution >= 0.6 is 27.5 Å². The van der Waals surface area contributed by atoms with Crippen LogP contribution in [0.2, 0.25) is 0 Å². The Morgan fingerprint density at radius 2 is 2.40 bits per heavy atom. The van der Waals surface area contributed by atoms with E-state index in [9.17, 15) is 4.79 Å². The number of halogens is 2. The Balaban J connectivity index is 2.30. The predicted molar refractivity (Wildman–Crippen MR) is 63.3 cm³/mol. The van der Waals surface area contributed by atoms with E-state index >= 15 is 0 Å². The number of alkyl halides is 1. The number of pyridine rings is 1. The van der Waals surface area contributed by atoms with Gasteiger partial charge in [0.15, 0.2) is 0 Å². The van der Waals surface area contributed by atoms with Crippen LogP contribution in [-0.4, -0.2) is 22.8 Å². The van der Waals surface area contributed by atoms with Crippen molar-refractivity contribution in [3.05, 3.63) is 22.4 Å². The molecule has 1 saturated heterocycles. The zero-order chi connectivity index (χ0) is 11.0. The molecule has 1 fully saturated rings. The second-order valence-corrected chi connectivity index (χ2v) is 5.04. The van der Waals surface area contributed by atoms with Gasteiger partial charge in [0.05, 0.1) is 23.0 Å². The van der Waals surface area contributed by atoms with Crippen LogP contribution in [0.25, 0.3) is 0 Å². The van der Waals surface area contributed by atoms with Gasteiger partial charge in [-0.05, 0) is 28.9 Å². The molecule has 5 heteroatoms. The molecule has 0 bridgehead atoms. The third-order valence-electron chi connectivity index (χ3n) is 2.40. The molecule has 1 atom stereocenters. The van der Waals surface area contributed by atoms with Gasteiger partial charge in [0.1, 0.15) is 0 Å². The molecular weight excluding hydrogens is 279 g/mol. The van der Waals surface area contributed by atoms with Crippen LogP contribution in [0.5, 0.6) is 0 Å². The lowest BCUT2D eigenvalue weighted by Crippen LogP contribution is -2.24. The van der Waals surface area contributed by atoms with Gasteiger partial charge in [0, 0.05) is 17.4 Å². The maximum absolute atomic E-state index is 11.6. The molecule has 1 aliphatic rings. The highest BCUT2D eigenvalue weighted by atomic mass is 79.9. The fraction of sp³-hybridized carbons (Fsp3) is 0.400. The van der Waals surface area contributed by atoms with Crippen LogP contribution in [0.15, 0.2) is 16.7 Å². The molecule has 1 aromatic heterocycles. The Morgan fingerprint density at radius 3 is 2.93 bits per heavy atom. The van der Waals surface area contributed by atoms with Gasteiger partial charge in [-0.2, -0.15) is 0 Å². The fourth-order valence-electron chi connectivity index (χ4n) is 1.56. The number of anilines is 1. The highest BCUT2D eigenvalue weighted by Crippen LogP contribution is 2.26. The SMILES string of the molecule is Cc1ncc(N2CC(Cl)CC2=O)cc1Br. The molecular formula is C10H10BrClN2O. The highest BCUT2D eigenvalue weighted by Gasteiger charge is 2.29. The van der Waals surface area contributed by atoms with E-state index in [1.165, 1.54) is 0 Å². The molecule has 0 spiro atoms. The molecule has 1 aromatic rings. The van der Waals surface area contributed by atoms with Crippen molar-refractivity contribution in [1.29, 1.82) is 0 Å². The van der Waals surface area contributed by atoms with E-state index in [1.807, 2.05) is 13.0 Å². The van der Waals surface area contributed by atoms with E-state index in [1.54, 1.807) is 11.1 Å². The molecule has 0 aromatic carbocycles. The van der Waals surface area contributed by atoms with Crippen LogP contribution in [0.1, 0.15) is 12.1 Å². The number of rotatable bonds is 1. The number of nitrogens with zero attached hydrogens (tertiary/aromatic N) is 2. The van der Waals surface area contributed by atoms with Crippen LogP contribution in [0.3, 0.4) is 0 Å². The van der Waals surface area contributed by atoms with Crippen molar-refractivity contribution in [2.24, 2.45) is 0 Å². The molecule has 1 aliphatic heterocycles. The molecule has 0 aliphatic carbocycles. The second-order valence-electron chi connectivity index (χ2n) is 3.57. The Kier molecular flexibility index (Phi) is 2.98. The predicted octanol–water partition coefficient (Wildman–Crippen LogP) is 2.50. The van der Waals surface area contributed by atoms with Crippen molar-refractivity contribution in [3.8, 4) is 0 Å². The number of hydrogen-bond acceptors (Lipinski definition) is 2. The Labute approximate surface area is 102 Å². The topological polar surface area (TPSA) is 33.2 Å². The van der Waals surface area contributed by atoms with E-state index in [-0.39, 0.29) is 11.3 Å². The summed E-state index contributed by atoms with van der Waals surface area (Å²) in [6, 6.07) is 1.90. The number of carbonyl (C=O) groups is 1. The van der Waals surface area contributed by atoms with Gasteiger partial charge in [-0.15, -0.1) is 11.6 Å².